The summed E-state index contributed by atoms with van der Waals surface area (Å²) in [4.78, 5) is 19.5. The first-order chi connectivity index (χ1) is 10.7. The Labute approximate surface area is 144 Å². The zero-order chi connectivity index (χ0) is 15.8. The maximum absolute atomic E-state index is 12.3. The summed E-state index contributed by atoms with van der Waals surface area (Å²) in [6.07, 6.45) is 2.36. The van der Waals surface area contributed by atoms with Gasteiger partial charge in [-0.15, -0.1) is 11.3 Å². The number of hydrogen-bond acceptors (Lipinski definition) is 4. The second kappa shape index (κ2) is 9.18. The first-order valence-corrected chi connectivity index (χ1v) is 9.53. The summed E-state index contributed by atoms with van der Waals surface area (Å²) in [6.45, 7) is 3.38. The third-order valence-electron chi connectivity index (χ3n) is 3.15. The molecule has 6 heteroatoms. The summed E-state index contributed by atoms with van der Waals surface area (Å²) in [5.74, 6) is 1.86. The maximum Gasteiger partial charge on any atom is 0.223 e. The number of halogens is 1. The van der Waals surface area contributed by atoms with Crippen LogP contribution in [0.1, 0.15) is 23.9 Å². The predicted octanol–water partition coefficient (Wildman–Crippen LogP) is 4.47. The molecule has 0 saturated heterocycles. The van der Waals surface area contributed by atoms with Gasteiger partial charge in [-0.3, -0.25) is 9.78 Å². The Hall–Kier alpha value is -1.04. The van der Waals surface area contributed by atoms with Crippen LogP contribution in [0.25, 0.3) is 0 Å². The molecule has 0 aliphatic rings. The second-order valence-electron chi connectivity index (χ2n) is 4.74. The molecule has 0 bridgehead atoms. The van der Waals surface area contributed by atoms with Crippen molar-refractivity contribution in [3.63, 3.8) is 0 Å². The van der Waals surface area contributed by atoms with Crippen LogP contribution in [0.4, 0.5) is 0 Å². The molecule has 2 aromatic heterocycles. The molecule has 2 heterocycles. The summed E-state index contributed by atoms with van der Waals surface area (Å²) in [6, 6.07) is 9.77. The van der Waals surface area contributed by atoms with E-state index in [4.69, 9.17) is 11.6 Å². The zero-order valence-corrected chi connectivity index (χ0v) is 14.9. The molecule has 0 spiro atoms. The minimum absolute atomic E-state index is 0.195. The molecule has 0 saturated carbocycles. The van der Waals surface area contributed by atoms with Gasteiger partial charge in [0.25, 0.3) is 0 Å². The van der Waals surface area contributed by atoms with Crippen molar-refractivity contribution in [2.75, 3.05) is 12.3 Å². The lowest BCUT2D eigenvalue weighted by molar-refractivity contribution is -0.131. The number of carbonyl (C=O) groups excluding carboxylic acids is 1. The van der Waals surface area contributed by atoms with E-state index in [0.717, 1.165) is 33.0 Å². The highest BCUT2D eigenvalue weighted by Gasteiger charge is 2.13. The van der Waals surface area contributed by atoms with Crippen LogP contribution in [-0.4, -0.2) is 28.1 Å². The number of rotatable bonds is 8. The number of thiophene rings is 1. The van der Waals surface area contributed by atoms with Crippen molar-refractivity contribution in [1.82, 2.24) is 9.88 Å². The fourth-order valence-electron chi connectivity index (χ4n) is 1.98. The lowest BCUT2D eigenvalue weighted by Gasteiger charge is -2.20. The van der Waals surface area contributed by atoms with E-state index in [9.17, 15) is 4.79 Å². The van der Waals surface area contributed by atoms with E-state index in [1.807, 2.05) is 42.2 Å². The van der Waals surface area contributed by atoms with E-state index in [-0.39, 0.29) is 5.91 Å². The van der Waals surface area contributed by atoms with Crippen molar-refractivity contribution in [1.29, 1.82) is 0 Å². The number of thioether (sulfide) groups is 1. The third-order valence-corrected chi connectivity index (χ3v) is 5.35. The fraction of sp³-hybridized carbons (Fsp3) is 0.375. The van der Waals surface area contributed by atoms with Gasteiger partial charge in [0.2, 0.25) is 5.91 Å². The van der Waals surface area contributed by atoms with Crippen LogP contribution in [-0.2, 0) is 17.1 Å². The van der Waals surface area contributed by atoms with Crippen molar-refractivity contribution >= 4 is 40.6 Å². The minimum Gasteiger partial charge on any atom is -0.338 e. The highest BCUT2D eigenvalue weighted by molar-refractivity contribution is 7.98. The highest BCUT2D eigenvalue weighted by atomic mass is 35.5. The van der Waals surface area contributed by atoms with Gasteiger partial charge < -0.3 is 4.90 Å². The van der Waals surface area contributed by atoms with Crippen molar-refractivity contribution < 1.29 is 4.79 Å². The quantitative estimate of drug-likeness (QED) is 0.656. The molecule has 0 atom stereocenters. The molecule has 2 rings (SSSR count). The first-order valence-electron chi connectivity index (χ1n) is 7.18. The lowest BCUT2D eigenvalue weighted by Crippen LogP contribution is -2.30. The number of nitrogens with zero attached hydrogens (tertiary/aromatic N) is 2. The number of aromatic nitrogens is 1. The molecule has 118 valence electrons. The Balaban J connectivity index is 1.72. The summed E-state index contributed by atoms with van der Waals surface area (Å²) >= 11 is 9.21. The number of pyridine rings is 1. The number of amides is 1. The van der Waals surface area contributed by atoms with Gasteiger partial charge in [0.05, 0.1) is 16.6 Å². The standard InChI is InChI=1S/C16H19ClN2OS2/c1-2-19(11-14-6-7-15(17)22-14)16(20)8-10-21-12-13-5-3-4-9-18-13/h3-7,9H,2,8,10-12H2,1H3. The van der Waals surface area contributed by atoms with Gasteiger partial charge in [0.1, 0.15) is 0 Å². The topological polar surface area (TPSA) is 33.2 Å². The van der Waals surface area contributed by atoms with Gasteiger partial charge in [0.15, 0.2) is 0 Å². The Kier molecular flexibility index (Phi) is 7.22. The molecule has 0 fully saturated rings. The van der Waals surface area contributed by atoms with Crippen molar-refractivity contribution in [2.45, 2.75) is 25.6 Å². The highest BCUT2D eigenvalue weighted by Crippen LogP contribution is 2.23. The van der Waals surface area contributed by atoms with E-state index in [1.54, 1.807) is 18.0 Å². The summed E-state index contributed by atoms with van der Waals surface area (Å²) in [5.41, 5.74) is 1.06. The molecule has 0 N–H and O–H groups in total. The molecule has 22 heavy (non-hydrogen) atoms. The van der Waals surface area contributed by atoms with Gasteiger partial charge >= 0.3 is 0 Å². The smallest absolute Gasteiger partial charge is 0.223 e. The monoisotopic (exact) mass is 354 g/mol. The van der Waals surface area contributed by atoms with E-state index in [2.05, 4.69) is 4.98 Å². The maximum atomic E-state index is 12.3. The zero-order valence-electron chi connectivity index (χ0n) is 12.5. The Morgan fingerprint density at radius 1 is 1.36 bits per heavy atom. The van der Waals surface area contributed by atoms with E-state index < -0.39 is 0 Å². The second-order valence-corrected chi connectivity index (χ2v) is 7.64. The van der Waals surface area contributed by atoms with Crippen molar-refractivity contribution in [2.24, 2.45) is 0 Å². The molecule has 1 amide bonds. The third kappa shape index (κ3) is 5.63. The SMILES string of the molecule is CCN(Cc1ccc(Cl)s1)C(=O)CCSCc1ccccn1. The van der Waals surface area contributed by atoms with Crippen LogP contribution in [0.5, 0.6) is 0 Å². The summed E-state index contributed by atoms with van der Waals surface area (Å²) in [5, 5.41) is 0. The Bertz CT molecular complexity index is 589. The molecule has 0 aliphatic carbocycles. The fourth-order valence-corrected chi connectivity index (χ4v) is 3.93. The first kappa shape index (κ1) is 17.3. The van der Waals surface area contributed by atoms with Crippen LogP contribution < -0.4 is 0 Å². The van der Waals surface area contributed by atoms with Gasteiger partial charge in [0, 0.05) is 35.5 Å². The van der Waals surface area contributed by atoms with Crippen molar-refractivity contribution in [3.05, 3.63) is 51.4 Å². The van der Waals surface area contributed by atoms with Crippen LogP contribution in [0.15, 0.2) is 36.5 Å². The molecular formula is C16H19ClN2OS2. The van der Waals surface area contributed by atoms with E-state index >= 15 is 0 Å². The van der Waals surface area contributed by atoms with Gasteiger partial charge in [-0.25, -0.2) is 0 Å². The summed E-state index contributed by atoms with van der Waals surface area (Å²) in [7, 11) is 0. The Morgan fingerprint density at radius 3 is 2.86 bits per heavy atom. The van der Waals surface area contributed by atoms with E-state index in [1.165, 1.54) is 11.3 Å². The summed E-state index contributed by atoms with van der Waals surface area (Å²) < 4.78 is 0.768. The largest absolute Gasteiger partial charge is 0.338 e. The van der Waals surface area contributed by atoms with Crippen LogP contribution in [0.2, 0.25) is 4.34 Å². The van der Waals surface area contributed by atoms with Crippen LogP contribution >= 0.6 is 34.7 Å². The average molecular weight is 355 g/mol. The molecule has 3 nitrogen and oxygen atoms in total. The van der Waals surface area contributed by atoms with Gasteiger partial charge in [-0.05, 0) is 31.2 Å². The molecule has 0 aromatic carbocycles. The molecule has 2 aromatic rings. The van der Waals surface area contributed by atoms with Gasteiger partial charge in [-0.1, -0.05) is 17.7 Å². The molecule has 0 unspecified atom stereocenters. The van der Waals surface area contributed by atoms with Crippen LogP contribution in [0.3, 0.4) is 0 Å². The van der Waals surface area contributed by atoms with E-state index in [0.29, 0.717) is 13.0 Å². The lowest BCUT2D eigenvalue weighted by atomic mass is 10.3. The minimum atomic E-state index is 0.195. The predicted molar refractivity (Wildman–Crippen MR) is 95.4 cm³/mol. The number of carbonyl (C=O) groups is 1. The van der Waals surface area contributed by atoms with Crippen molar-refractivity contribution in [3.8, 4) is 0 Å². The molecular weight excluding hydrogens is 336 g/mol. The Morgan fingerprint density at radius 2 is 2.23 bits per heavy atom. The normalized spacial score (nSPS) is 10.6. The van der Waals surface area contributed by atoms with Crippen LogP contribution in [0, 0.1) is 0 Å². The molecule has 0 aliphatic heterocycles. The number of hydrogen-bond donors (Lipinski definition) is 0. The average Bonchev–Trinajstić information content (AvgIpc) is 2.95. The van der Waals surface area contributed by atoms with Gasteiger partial charge in [-0.2, -0.15) is 11.8 Å². The molecule has 0 radical (unpaired) electrons.